The summed E-state index contributed by atoms with van der Waals surface area (Å²) in [6.07, 6.45) is 1.78. The van der Waals surface area contributed by atoms with E-state index in [2.05, 4.69) is 10.0 Å². The summed E-state index contributed by atoms with van der Waals surface area (Å²) in [5, 5.41) is 3.36. The largest absolute Gasteiger partial charge is 0.338 e. The van der Waals surface area contributed by atoms with Gasteiger partial charge in [0, 0.05) is 37.8 Å². The number of aryl methyl sites for hydroxylation is 1. The molecule has 3 aliphatic rings. The molecule has 3 fully saturated rings. The molecule has 2 saturated heterocycles. The maximum Gasteiger partial charge on any atom is 0.254 e. The van der Waals surface area contributed by atoms with Crippen molar-refractivity contribution in [2.75, 3.05) is 26.2 Å². The van der Waals surface area contributed by atoms with Gasteiger partial charge in [-0.15, -0.1) is 12.4 Å². The van der Waals surface area contributed by atoms with Gasteiger partial charge in [0.2, 0.25) is 10.0 Å². The number of likely N-dealkylation sites (tertiary alicyclic amines) is 1. The molecule has 0 bridgehead atoms. The first-order valence-corrected chi connectivity index (χ1v) is 10.1. The molecule has 0 aromatic heterocycles. The van der Waals surface area contributed by atoms with Crippen molar-refractivity contribution in [3.8, 4) is 0 Å². The molecule has 2 aliphatic heterocycles. The van der Waals surface area contributed by atoms with Gasteiger partial charge >= 0.3 is 0 Å². The maximum absolute atomic E-state index is 12.9. The number of sulfonamides is 1. The first-order valence-electron chi connectivity index (χ1n) is 8.57. The van der Waals surface area contributed by atoms with E-state index < -0.39 is 10.0 Å². The van der Waals surface area contributed by atoms with Gasteiger partial charge in [0.05, 0.1) is 4.90 Å². The molecule has 0 spiro atoms. The molecule has 0 unspecified atom stereocenters. The van der Waals surface area contributed by atoms with Crippen molar-refractivity contribution in [1.82, 2.24) is 14.9 Å². The number of hydrogen-bond donors (Lipinski definition) is 2. The third kappa shape index (κ3) is 3.69. The highest BCUT2D eigenvalue weighted by atomic mass is 35.5. The van der Waals surface area contributed by atoms with E-state index in [0.29, 0.717) is 17.4 Å². The molecule has 2 N–H and O–H groups in total. The first kappa shape index (κ1) is 18.6. The lowest BCUT2D eigenvalue weighted by atomic mass is 10.0. The molecule has 2 atom stereocenters. The topological polar surface area (TPSA) is 78.5 Å². The van der Waals surface area contributed by atoms with Crippen LogP contribution in [0.1, 0.15) is 28.8 Å². The summed E-state index contributed by atoms with van der Waals surface area (Å²) in [6.45, 7) is 5.30. The Kier molecular flexibility index (Phi) is 5.12. The highest BCUT2D eigenvalue weighted by molar-refractivity contribution is 7.89. The average molecular weight is 386 g/mol. The van der Waals surface area contributed by atoms with Crippen molar-refractivity contribution in [2.24, 2.45) is 11.8 Å². The van der Waals surface area contributed by atoms with Crippen molar-refractivity contribution in [1.29, 1.82) is 0 Å². The summed E-state index contributed by atoms with van der Waals surface area (Å²) in [7, 11) is -3.54. The second-order valence-electron chi connectivity index (χ2n) is 7.26. The highest BCUT2D eigenvalue weighted by Crippen LogP contribution is 2.29. The zero-order chi connectivity index (χ0) is 16.9. The fourth-order valence-electron chi connectivity index (χ4n) is 3.68. The zero-order valence-corrected chi connectivity index (χ0v) is 15.8. The number of hydrogen-bond acceptors (Lipinski definition) is 4. The summed E-state index contributed by atoms with van der Waals surface area (Å²) in [5.41, 5.74) is 1.32. The summed E-state index contributed by atoms with van der Waals surface area (Å²) in [5.74, 6) is 1.00. The Bertz CT molecular complexity index is 767. The summed E-state index contributed by atoms with van der Waals surface area (Å²) in [4.78, 5) is 15.0. The van der Waals surface area contributed by atoms with E-state index in [4.69, 9.17) is 0 Å². The van der Waals surface area contributed by atoms with E-state index in [1.165, 1.54) is 6.07 Å². The SMILES string of the molecule is Cc1ccc(S(=O)(=O)NC2CC2)cc1C(=O)N1C[C@H]2CNC[C@H]2C1.Cl. The fourth-order valence-corrected chi connectivity index (χ4v) is 5.01. The molecular weight excluding hydrogens is 362 g/mol. The Morgan fingerprint density at radius 1 is 1.20 bits per heavy atom. The van der Waals surface area contributed by atoms with Gasteiger partial charge < -0.3 is 10.2 Å². The van der Waals surface area contributed by atoms with Crippen molar-refractivity contribution < 1.29 is 13.2 Å². The van der Waals surface area contributed by atoms with Gasteiger partial charge in [0.15, 0.2) is 0 Å². The molecule has 1 amide bonds. The molecule has 1 aromatic rings. The van der Waals surface area contributed by atoms with Gasteiger partial charge in [-0.3, -0.25) is 4.79 Å². The molecule has 0 radical (unpaired) electrons. The molecule has 1 aromatic carbocycles. The van der Waals surface area contributed by atoms with Crippen LogP contribution in [0.15, 0.2) is 23.1 Å². The summed E-state index contributed by atoms with van der Waals surface area (Å²) < 4.78 is 27.5. The third-order valence-corrected chi connectivity index (χ3v) is 6.84. The molecular formula is C17H24ClN3O3S. The lowest BCUT2D eigenvalue weighted by Gasteiger charge is -2.19. The monoisotopic (exact) mass is 385 g/mol. The Morgan fingerprint density at radius 2 is 1.84 bits per heavy atom. The van der Waals surface area contributed by atoms with E-state index in [1.807, 2.05) is 11.8 Å². The van der Waals surface area contributed by atoms with Crippen LogP contribution in [-0.2, 0) is 10.0 Å². The molecule has 1 saturated carbocycles. The number of rotatable bonds is 4. The lowest BCUT2D eigenvalue weighted by molar-refractivity contribution is 0.0780. The van der Waals surface area contributed by atoms with Crippen LogP contribution < -0.4 is 10.0 Å². The Labute approximate surface area is 154 Å². The first-order chi connectivity index (χ1) is 11.4. The van der Waals surface area contributed by atoms with Gasteiger partial charge in [0.25, 0.3) is 5.91 Å². The quantitative estimate of drug-likeness (QED) is 0.815. The highest BCUT2D eigenvalue weighted by Gasteiger charge is 2.38. The van der Waals surface area contributed by atoms with E-state index in [1.54, 1.807) is 12.1 Å². The van der Waals surface area contributed by atoms with Crippen molar-refractivity contribution in [3.05, 3.63) is 29.3 Å². The fraction of sp³-hybridized carbons (Fsp3) is 0.588. The predicted octanol–water partition coefficient (Wildman–Crippen LogP) is 1.15. The van der Waals surface area contributed by atoms with E-state index in [9.17, 15) is 13.2 Å². The summed E-state index contributed by atoms with van der Waals surface area (Å²) >= 11 is 0. The molecule has 8 heteroatoms. The predicted molar refractivity (Wildman–Crippen MR) is 97.5 cm³/mol. The van der Waals surface area contributed by atoms with Crippen LogP contribution in [0, 0.1) is 18.8 Å². The molecule has 138 valence electrons. The van der Waals surface area contributed by atoms with Gasteiger partial charge in [-0.25, -0.2) is 13.1 Å². The van der Waals surface area contributed by atoms with Crippen LogP contribution in [0.25, 0.3) is 0 Å². The number of carbonyl (C=O) groups excluding carboxylic acids is 1. The minimum Gasteiger partial charge on any atom is -0.338 e. The number of carbonyl (C=O) groups is 1. The van der Waals surface area contributed by atoms with Crippen LogP contribution in [0.3, 0.4) is 0 Å². The third-order valence-electron chi connectivity index (χ3n) is 5.33. The van der Waals surface area contributed by atoms with Crippen molar-refractivity contribution in [3.63, 3.8) is 0 Å². The molecule has 25 heavy (non-hydrogen) atoms. The minimum absolute atomic E-state index is 0. The molecule has 2 heterocycles. The summed E-state index contributed by atoms with van der Waals surface area (Å²) in [6, 6.07) is 4.90. The zero-order valence-electron chi connectivity index (χ0n) is 14.2. The molecule has 1 aliphatic carbocycles. The number of benzene rings is 1. The number of halogens is 1. The van der Waals surface area contributed by atoms with Gasteiger partial charge in [0.1, 0.15) is 0 Å². The van der Waals surface area contributed by atoms with E-state index >= 15 is 0 Å². The Morgan fingerprint density at radius 3 is 2.44 bits per heavy atom. The van der Waals surface area contributed by atoms with E-state index in [-0.39, 0.29) is 29.3 Å². The number of nitrogens with zero attached hydrogens (tertiary/aromatic N) is 1. The molecule has 4 rings (SSSR count). The standard InChI is InChI=1S/C17H23N3O3S.ClH/c1-11-2-5-15(24(22,23)19-14-3-4-14)6-16(11)17(21)20-9-12-7-18-8-13(12)10-20;/h2,5-6,12-14,18-19H,3-4,7-10H2,1H3;1H/t12-,13+;. The van der Waals surface area contributed by atoms with Gasteiger partial charge in [-0.05, 0) is 49.3 Å². The number of nitrogens with one attached hydrogen (secondary N) is 2. The normalized spacial score (nSPS) is 25.6. The smallest absolute Gasteiger partial charge is 0.254 e. The number of amides is 1. The van der Waals surface area contributed by atoms with E-state index in [0.717, 1.165) is 44.6 Å². The van der Waals surface area contributed by atoms with Gasteiger partial charge in [-0.2, -0.15) is 0 Å². The van der Waals surface area contributed by atoms with Crippen LogP contribution in [0.2, 0.25) is 0 Å². The van der Waals surface area contributed by atoms with Gasteiger partial charge in [-0.1, -0.05) is 6.07 Å². The number of fused-ring (bicyclic) bond motifs is 1. The van der Waals surface area contributed by atoms with Crippen molar-refractivity contribution in [2.45, 2.75) is 30.7 Å². The lowest BCUT2D eigenvalue weighted by Crippen LogP contribution is -2.32. The minimum atomic E-state index is -3.54. The molecule has 6 nitrogen and oxygen atoms in total. The second kappa shape index (κ2) is 6.87. The average Bonchev–Trinajstić information content (AvgIpc) is 3.07. The van der Waals surface area contributed by atoms with Crippen LogP contribution in [0.4, 0.5) is 0 Å². The van der Waals surface area contributed by atoms with Crippen LogP contribution in [-0.4, -0.2) is 51.4 Å². The van der Waals surface area contributed by atoms with Crippen LogP contribution >= 0.6 is 12.4 Å². The Balaban J connectivity index is 0.00000182. The maximum atomic E-state index is 12.9. The Hall–Kier alpha value is -1.15. The van der Waals surface area contributed by atoms with Crippen LogP contribution in [0.5, 0.6) is 0 Å². The van der Waals surface area contributed by atoms with Crippen molar-refractivity contribution >= 4 is 28.3 Å². The second-order valence-corrected chi connectivity index (χ2v) is 8.97.